The van der Waals surface area contributed by atoms with Crippen molar-refractivity contribution in [2.45, 2.75) is 19.8 Å². The molecule has 0 unspecified atom stereocenters. The lowest BCUT2D eigenvalue weighted by Crippen LogP contribution is -2.51. The Morgan fingerprint density at radius 2 is 1.74 bits per heavy atom. The van der Waals surface area contributed by atoms with Crippen molar-refractivity contribution < 1.29 is 9.59 Å². The third-order valence-corrected chi connectivity index (χ3v) is 3.89. The van der Waals surface area contributed by atoms with Crippen LogP contribution < -0.4 is 10.6 Å². The Morgan fingerprint density at radius 3 is 2.32 bits per heavy atom. The number of hydrogen-bond acceptors (Lipinski definition) is 3. The zero-order valence-electron chi connectivity index (χ0n) is 11.7. The topological polar surface area (TPSA) is 64.7 Å². The largest absolute Gasteiger partial charge is 0.340 e. The molecule has 19 heavy (non-hydrogen) atoms. The minimum atomic E-state index is -0.00410. The van der Waals surface area contributed by atoms with Crippen molar-refractivity contribution in [2.24, 2.45) is 5.92 Å². The van der Waals surface area contributed by atoms with Crippen LogP contribution in [0.15, 0.2) is 0 Å². The molecule has 0 bridgehead atoms. The summed E-state index contributed by atoms with van der Waals surface area (Å²) in [6, 6.07) is -0.00410. The van der Waals surface area contributed by atoms with Gasteiger partial charge in [-0.25, -0.2) is 4.79 Å². The van der Waals surface area contributed by atoms with Gasteiger partial charge in [0.15, 0.2) is 0 Å². The summed E-state index contributed by atoms with van der Waals surface area (Å²) in [5.74, 6) is 0.376. The van der Waals surface area contributed by atoms with Crippen molar-refractivity contribution in [1.29, 1.82) is 0 Å². The van der Waals surface area contributed by atoms with Gasteiger partial charge >= 0.3 is 6.03 Å². The second-order valence-electron chi connectivity index (χ2n) is 5.17. The van der Waals surface area contributed by atoms with Crippen LogP contribution in [-0.4, -0.2) is 67.6 Å². The van der Waals surface area contributed by atoms with Crippen molar-refractivity contribution >= 4 is 11.9 Å². The molecule has 2 heterocycles. The van der Waals surface area contributed by atoms with Gasteiger partial charge in [-0.1, -0.05) is 0 Å². The molecule has 108 valence electrons. The van der Waals surface area contributed by atoms with Gasteiger partial charge in [-0.15, -0.1) is 0 Å². The summed E-state index contributed by atoms with van der Waals surface area (Å²) in [6.07, 6.45) is 1.58. The average Bonchev–Trinajstić information content (AvgIpc) is 2.48. The molecular formula is C13H24N4O2. The quantitative estimate of drug-likeness (QED) is 0.732. The Hall–Kier alpha value is -1.30. The van der Waals surface area contributed by atoms with Crippen LogP contribution in [0.5, 0.6) is 0 Å². The third-order valence-electron chi connectivity index (χ3n) is 3.89. The van der Waals surface area contributed by atoms with Gasteiger partial charge in [0.1, 0.15) is 0 Å². The molecule has 0 aromatic carbocycles. The lowest BCUT2D eigenvalue weighted by molar-refractivity contribution is -0.137. The normalized spacial score (nSPS) is 21.3. The summed E-state index contributed by atoms with van der Waals surface area (Å²) < 4.78 is 0. The molecule has 2 aliphatic heterocycles. The predicted octanol–water partition coefficient (Wildman–Crippen LogP) is -0.140. The molecule has 3 amide bonds. The highest BCUT2D eigenvalue weighted by Gasteiger charge is 2.30. The molecule has 6 heteroatoms. The van der Waals surface area contributed by atoms with Gasteiger partial charge in [0.05, 0.1) is 0 Å². The van der Waals surface area contributed by atoms with E-state index in [0.29, 0.717) is 19.6 Å². The first-order chi connectivity index (χ1) is 9.22. The Labute approximate surface area is 114 Å². The highest BCUT2D eigenvalue weighted by Crippen LogP contribution is 2.20. The number of nitrogens with zero attached hydrogens (tertiary/aromatic N) is 2. The summed E-state index contributed by atoms with van der Waals surface area (Å²) >= 11 is 0. The Bertz CT molecular complexity index is 321. The summed E-state index contributed by atoms with van der Waals surface area (Å²) in [7, 11) is 0. The van der Waals surface area contributed by atoms with Gasteiger partial charge in [0, 0.05) is 51.7 Å². The van der Waals surface area contributed by atoms with Crippen molar-refractivity contribution in [3.05, 3.63) is 0 Å². The van der Waals surface area contributed by atoms with Gasteiger partial charge in [0.25, 0.3) is 0 Å². The van der Waals surface area contributed by atoms with E-state index in [0.717, 1.165) is 39.0 Å². The van der Waals surface area contributed by atoms with Crippen molar-refractivity contribution in [3.8, 4) is 0 Å². The maximum absolute atomic E-state index is 12.3. The number of piperidine rings is 1. The number of piperazine rings is 1. The summed E-state index contributed by atoms with van der Waals surface area (Å²) in [6.45, 7) is 7.36. The van der Waals surface area contributed by atoms with Gasteiger partial charge < -0.3 is 20.4 Å². The molecule has 0 aromatic rings. The van der Waals surface area contributed by atoms with Gasteiger partial charge in [-0.05, 0) is 19.8 Å². The van der Waals surface area contributed by atoms with Crippen molar-refractivity contribution in [2.75, 3.05) is 45.8 Å². The first kappa shape index (κ1) is 14.1. The number of likely N-dealkylation sites (tertiary alicyclic amines) is 1. The van der Waals surface area contributed by atoms with Gasteiger partial charge in [-0.2, -0.15) is 0 Å². The number of amides is 3. The fourth-order valence-electron chi connectivity index (χ4n) is 2.74. The van der Waals surface area contributed by atoms with Crippen LogP contribution in [-0.2, 0) is 4.79 Å². The van der Waals surface area contributed by atoms with Crippen LogP contribution >= 0.6 is 0 Å². The van der Waals surface area contributed by atoms with Gasteiger partial charge in [-0.3, -0.25) is 4.79 Å². The zero-order chi connectivity index (χ0) is 13.7. The van der Waals surface area contributed by atoms with E-state index in [1.807, 2.05) is 16.7 Å². The second-order valence-corrected chi connectivity index (χ2v) is 5.17. The van der Waals surface area contributed by atoms with Crippen LogP contribution in [0.25, 0.3) is 0 Å². The van der Waals surface area contributed by atoms with E-state index in [2.05, 4.69) is 10.6 Å². The lowest BCUT2D eigenvalue weighted by Gasteiger charge is -2.35. The van der Waals surface area contributed by atoms with Crippen LogP contribution in [0.2, 0.25) is 0 Å². The highest BCUT2D eigenvalue weighted by molar-refractivity contribution is 5.80. The zero-order valence-corrected chi connectivity index (χ0v) is 11.7. The Morgan fingerprint density at radius 1 is 1.11 bits per heavy atom. The first-order valence-electron chi connectivity index (χ1n) is 7.24. The number of carbonyl (C=O) groups is 2. The molecule has 0 aromatic heterocycles. The minimum absolute atomic E-state index is 0.00410. The van der Waals surface area contributed by atoms with E-state index < -0.39 is 0 Å². The van der Waals surface area contributed by atoms with E-state index in [9.17, 15) is 9.59 Å². The lowest BCUT2D eigenvalue weighted by atomic mass is 9.95. The van der Waals surface area contributed by atoms with E-state index in [1.54, 1.807) is 0 Å². The highest BCUT2D eigenvalue weighted by atomic mass is 16.2. The SMILES string of the molecule is CCNC(=O)N1CCC(C(=O)N2CCNCC2)CC1. The van der Waals surface area contributed by atoms with E-state index in [-0.39, 0.29) is 17.9 Å². The molecule has 2 rings (SSSR count). The molecule has 0 radical (unpaired) electrons. The maximum atomic E-state index is 12.3. The molecule has 0 atom stereocenters. The summed E-state index contributed by atoms with van der Waals surface area (Å²) in [5.41, 5.74) is 0. The molecule has 0 spiro atoms. The molecular weight excluding hydrogens is 244 g/mol. The predicted molar refractivity (Wildman–Crippen MR) is 72.8 cm³/mol. The molecule has 2 aliphatic rings. The van der Waals surface area contributed by atoms with Crippen LogP contribution in [0.4, 0.5) is 4.79 Å². The number of hydrogen-bond donors (Lipinski definition) is 2. The van der Waals surface area contributed by atoms with Gasteiger partial charge in [0.2, 0.25) is 5.91 Å². The molecule has 0 aliphatic carbocycles. The van der Waals surface area contributed by atoms with E-state index >= 15 is 0 Å². The number of rotatable bonds is 2. The molecule has 0 saturated carbocycles. The van der Waals surface area contributed by atoms with Crippen LogP contribution in [0, 0.1) is 5.92 Å². The standard InChI is InChI=1S/C13H24N4O2/c1-2-15-13(19)17-7-3-11(4-8-17)12(18)16-9-5-14-6-10-16/h11,14H,2-10H2,1H3,(H,15,19). The molecule has 2 fully saturated rings. The first-order valence-corrected chi connectivity index (χ1v) is 7.24. The van der Waals surface area contributed by atoms with Crippen LogP contribution in [0.1, 0.15) is 19.8 Å². The molecule has 2 N–H and O–H groups in total. The van der Waals surface area contributed by atoms with Crippen molar-refractivity contribution in [3.63, 3.8) is 0 Å². The summed E-state index contributed by atoms with van der Waals surface area (Å²) in [4.78, 5) is 27.8. The van der Waals surface area contributed by atoms with E-state index in [1.165, 1.54) is 0 Å². The molecule has 2 saturated heterocycles. The smallest absolute Gasteiger partial charge is 0.317 e. The Balaban J connectivity index is 1.79. The van der Waals surface area contributed by atoms with Crippen LogP contribution in [0.3, 0.4) is 0 Å². The summed E-state index contributed by atoms with van der Waals surface area (Å²) in [5, 5.41) is 6.06. The maximum Gasteiger partial charge on any atom is 0.317 e. The average molecular weight is 268 g/mol. The molecule has 6 nitrogen and oxygen atoms in total. The fourth-order valence-corrected chi connectivity index (χ4v) is 2.74. The number of urea groups is 1. The third kappa shape index (κ3) is 3.59. The Kier molecular flexibility index (Phi) is 5.01. The monoisotopic (exact) mass is 268 g/mol. The fraction of sp³-hybridized carbons (Fsp3) is 0.846. The minimum Gasteiger partial charge on any atom is -0.340 e. The number of nitrogens with one attached hydrogen (secondary N) is 2. The number of carbonyl (C=O) groups excluding carboxylic acids is 2. The van der Waals surface area contributed by atoms with Crippen molar-refractivity contribution in [1.82, 2.24) is 20.4 Å². The van der Waals surface area contributed by atoms with E-state index in [4.69, 9.17) is 0 Å². The second kappa shape index (κ2) is 6.75.